The van der Waals surface area contributed by atoms with E-state index in [1.807, 2.05) is 13.0 Å². The number of morpholine rings is 1. The Morgan fingerprint density at radius 3 is 2.71 bits per heavy atom. The van der Waals surface area contributed by atoms with Gasteiger partial charge in [0.15, 0.2) is 17.4 Å². The van der Waals surface area contributed by atoms with Crippen LogP contribution >= 0.6 is 0 Å². The molecule has 0 aliphatic carbocycles. The van der Waals surface area contributed by atoms with E-state index >= 15 is 0 Å². The van der Waals surface area contributed by atoms with Crippen molar-refractivity contribution < 1.29 is 13.9 Å². The summed E-state index contributed by atoms with van der Waals surface area (Å²) in [5.41, 5.74) is -0.194. The van der Waals surface area contributed by atoms with Crippen molar-refractivity contribution in [2.24, 2.45) is 0 Å². The number of ether oxygens (including phenoxy) is 1. The fourth-order valence-electron chi connectivity index (χ4n) is 2.31. The molecule has 1 aromatic rings. The van der Waals surface area contributed by atoms with Crippen LogP contribution in [0.25, 0.3) is 0 Å². The zero-order valence-electron chi connectivity index (χ0n) is 10.8. The van der Waals surface area contributed by atoms with Crippen LogP contribution in [-0.4, -0.2) is 30.6 Å². The van der Waals surface area contributed by atoms with Crippen molar-refractivity contribution in [3.8, 4) is 0 Å². The lowest BCUT2D eigenvalue weighted by molar-refractivity contribution is -0.0758. The number of ketones is 1. The van der Waals surface area contributed by atoms with Crippen LogP contribution in [0, 0.1) is 0 Å². The molecule has 0 radical (unpaired) electrons. The molecule has 0 N–H and O–H groups in total. The molecule has 4 heteroatoms. The van der Waals surface area contributed by atoms with Gasteiger partial charge in [-0.05, 0) is 26.8 Å². The summed E-state index contributed by atoms with van der Waals surface area (Å²) in [7, 11) is 0. The molecule has 1 aromatic heterocycles. The van der Waals surface area contributed by atoms with Crippen LogP contribution in [0.4, 0.5) is 5.88 Å². The minimum absolute atomic E-state index is 0.0446. The van der Waals surface area contributed by atoms with Crippen LogP contribution < -0.4 is 4.90 Å². The van der Waals surface area contributed by atoms with Gasteiger partial charge in [0.05, 0.1) is 11.7 Å². The first-order chi connectivity index (χ1) is 7.87. The highest BCUT2D eigenvalue weighted by Crippen LogP contribution is 2.27. The molecule has 2 rings (SSSR count). The molecule has 2 heterocycles. The minimum atomic E-state index is -0.194. The van der Waals surface area contributed by atoms with Crippen molar-refractivity contribution in [1.82, 2.24) is 0 Å². The molecule has 0 aromatic carbocycles. The van der Waals surface area contributed by atoms with Crippen molar-refractivity contribution in [1.29, 1.82) is 0 Å². The number of carbonyl (C=O) groups is 1. The van der Waals surface area contributed by atoms with Gasteiger partial charge in [-0.2, -0.15) is 0 Å². The van der Waals surface area contributed by atoms with Gasteiger partial charge < -0.3 is 14.1 Å². The quantitative estimate of drug-likeness (QED) is 0.741. The molecule has 0 spiro atoms. The Balaban J connectivity index is 2.18. The highest BCUT2D eigenvalue weighted by molar-refractivity contribution is 5.91. The molecule has 1 saturated heterocycles. The molecule has 17 heavy (non-hydrogen) atoms. The number of Topliss-reactive ketones (excluding diaryl/α,β-unsaturated/α-hetero) is 1. The van der Waals surface area contributed by atoms with Gasteiger partial charge in [-0.25, -0.2) is 0 Å². The molecule has 1 unspecified atom stereocenters. The highest BCUT2D eigenvalue weighted by atomic mass is 16.5. The Morgan fingerprint density at radius 1 is 1.47 bits per heavy atom. The first-order valence-corrected chi connectivity index (χ1v) is 5.91. The van der Waals surface area contributed by atoms with E-state index in [0.29, 0.717) is 5.76 Å². The number of anilines is 1. The van der Waals surface area contributed by atoms with Gasteiger partial charge in [0.25, 0.3) is 0 Å². The lowest BCUT2D eigenvalue weighted by Crippen LogP contribution is -2.51. The van der Waals surface area contributed by atoms with Crippen molar-refractivity contribution in [3.63, 3.8) is 0 Å². The first-order valence-electron chi connectivity index (χ1n) is 5.91. The van der Waals surface area contributed by atoms with Crippen molar-refractivity contribution in [2.75, 3.05) is 18.0 Å². The van der Waals surface area contributed by atoms with Crippen molar-refractivity contribution in [3.05, 3.63) is 17.9 Å². The van der Waals surface area contributed by atoms with Gasteiger partial charge in [0.1, 0.15) is 0 Å². The van der Waals surface area contributed by atoms with Crippen LogP contribution in [0.2, 0.25) is 0 Å². The first kappa shape index (κ1) is 12.2. The minimum Gasteiger partial charge on any atom is -0.437 e. The predicted molar refractivity (Wildman–Crippen MR) is 65.6 cm³/mol. The van der Waals surface area contributed by atoms with E-state index in [1.54, 1.807) is 6.07 Å². The van der Waals surface area contributed by atoms with E-state index < -0.39 is 0 Å². The van der Waals surface area contributed by atoms with E-state index in [-0.39, 0.29) is 17.5 Å². The largest absolute Gasteiger partial charge is 0.437 e. The molecular weight excluding hydrogens is 218 g/mol. The Labute approximate surface area is 102 Å². The van der Waals surface area contributed by atoms with Gasteiger partial charge in [-0.15, -0.1) is 0 Å². The second kappa shape index (κ2) is 4.18. The standard InChI is InChI=1S/C13H19NO3/c1-9-7-14(8-13(3,4)17-9)12-6-5-11(16-12)10(2)15/h5-6,9H,7-8H2,1-4H3. The topological polar surface area (TPSA) is 42.7 Å². The molecule has 0 amide bonds. The summed E-state index contributed by atoms with van der Waals surface area (Å²) in [4.78, 5) is 13.3. The Hall–Kier alpha value is -1.29. The summed E-state index contributed by atoms with van der Waals surface area (Å²) in [6.07, 6.45) is 0.157. The van der Waals surface area contributed by atoms with E-state index in [0.717, 1.165) is 19.0 Å². The maximum atomic E-state index is 11.2. The molecule has 1 aliphatic rings. The van der Waals surface area contributed by atoms with Gasteiger partial charge in [-0.1, -0.05) is 0 Å². The molecule has 1 atom stereocenters. The summed E-state index contributed by atoms with van der Waals surface area (Å²) in [5, 5.41) is 0. The lowest BCUT2D eigenvalue weighted by atomic mass is 10.1. The average Bonchev–Trinajstić information content (AvgIpc) is 2.62. The fourth-order valence-corrected chi connectivity index (χ4v) is 2.31. The molecule has 94 valence electrons. The number of rotatable bonds is 2. The maximum absolute atomic E-state index is 11.2. The van der Waals surface area contributed by atoms with E-state index in [1.165, 1.54) is 6.92 Å². The summed E-state index contributed by atoms with van der Waals surface area (Å²) in [5.74, 6) is 1.12. The highest BCUT2D eigenvalue weighted by Gasteiger charge is 2.32. The van der Waals surface area contributed by atoms with Crippen LogP contribution in [0.1, 0.15) is 38.2 Å². The molecule has 4 nitrogen and oxygen atoms in total. The van der Waals surface area contributed by atoms with E-state index in [4.69, 9.17) is 9.15 Å². The van der Waals surface area contributed by atoms with Crippen molar-refractivity contribution in [2.45, 2.75) is 39.4 Å². The summed E-state index contributed by atoms with van der Waals surface area (Å²) >= 11 is 0. The predicted octanol–water partition coefficient (Wildman–Crippen LogP) is 2.49. The van der Waals surface area contributed by atoms with Crippen LogP contribution in [0.15, 0.2) is 16.5 Å². The van der Waals surface area contributed by atoms with Crippen molar-refractivity contribution >= 4 is 11.7 Å². The smallest absolute Gasteiger partial charge is 0.196 e. The van der Waals surface area contributed by atoms with Gasteiger partial charge in [0.2, 0.25) is 0 Å². The normalized spacial score (nSPS) is 23.8. The number of hydrogen-bond donors (Lipinski definition) is 0. The Morgan fingerprint density at radius 2 is 2.18 bits per heavy atom. The third-order valence-corrected chi connectivity index (χ3v) is 2.82. The SMILES string of the molecule is CC(=O)c1ccc(N2CC(C)OC(C)(C)C2)o1. The fraction of sp³-hybridized carbons (Fsp3) is 0.615. The van der Waals surface area contributed by atoms with Gasteiger partial charge in [-0.3, -0.25) is 4.79 Å². The maximum Gasteiger partial charge on any atom is 0.196 e. The van der Waals surface area contributed by atoms with E-state index in [9.17, 15) is 4.79 Å². The second-order valence-corrected chi connectivity index (χ2v) is 5.26. The molecule has 1 fully saturated rings. The number of carbonyl (C=O) groups excluding carboxylic acids is 1. The summed E-state index contributed by atoms with van der Waals surface area (Å²) < 4.78 is 11.4. The number of furan rings is 1. The molecule has 0 bridgehead atoms. The lowest BCUT2D eigenvalue weighted by Gasteiger charge is -2.41. The zero-order valence-corrected chi connectivity index (χ0v) is 10.8. The third-order valence-electron chi connectivity index (χ3n) is 2.82. The van der Waals surface area contributed by atoms with Gasteiger partial charge >= 0.3 is 0 Å². The van der Waals surface area contributed by atoms with Crippen LogP contribution in [-0.2, 0) is 4.74 Å². The van der Waals surface area contributed by atoms with Crippen LogP contribution in [0.5, 0.6) is 0 Å². The monoisotopic (exact) mass is 237 g/mol. The molecule has 0 saturated carbocycles. The number of hydrogen-bond acceptors (Lipinski definition) is 4. The molecular formula is C13H19NO3. The third kappa shape index (κ3) is 2.69. The molecule has 1 aliphatic heterocycles. The Bertz CT molecular complexity index is 422. The second-order valence-electron chi connectivity index (χ2n) is 5.26. The average molecular weight is 237 g/mol. The Kier molecular flexibility index (Phi) is 3.00. The summed E-state index contributed by atoms with van der Waals surface area (Å²) in [6, 6.07) is 3.58. The van der Waals surface area contributed by atoms with Crippen LogP contribution in [0.3, 0.4) is 0 Å². The van der Waals surface area contributed by atoms with E-state index in [2.05, 4.69) is 18.7 Å². The zero-order chi connectivity index (χ0) is 12.6. The van der Waals surface area contributed by atoms with Gasteiger partial charge in [0, 0.05) is 26.1 Å². The summed E-state index contributed by atoms with van der Waals surface area (Å²) in [6.45, 7) is 9.22. The number of nitrogens with zero attached hydrogens (tertiary/aromatic N) is 1.